The van der Waals surface area contributed by atoms with E-state index in [0.717, 1.165) is 24.3 Å². The van der Waals surface area contributed by atoms with Crippen LogP contribution in [0.4, 0.5) is 0 Å². The van der Waals surface area contributed by atoms with Gasteiger partial charge in [0.05, 0.1) is 17.1 Å². The lowest BCUT2D eigenvalue weighted by Crippen LogP contribution is -2.44. The van der Waals surface area contributed by atoms with E-state index in [-0.39, 0.29) is 24.3 Å². The number of nitrogens with one attached hydrogen (secondary N) is 1. The van der Waals surface area contributed by atoms with Gasteiger partial charge in [-0.05, 0) is 37.1 Å². The Morgan fingerprint density at radius 3 is 2.61 bits per heavy atom. The molecule has 0 aliphatic carbocycles. The van der Waals surface area contributed by atoms with Crippen LogP contribution >= 0.6 is 11.6 Å². The van der Waals surface area contributed by atoms with Crippen LogP contribution in [0.25, 0.3) is 5.65 Å². The molecule has 4 rings (SSSR count). The number of hydrogen-bond acceptors (Lipinski definition) is 4. The smallest absolute Gasteiger partial charge is 0.253 e. The molecule has 0 radical (unpaired) electrons. The quantitative estimate of drug-likeness (QED) is 0.733. The number of rotatable bonds is 4. The Balaban J connectivity index is 1.32. The highest BCUT2D eigenvalue weighted by Gasteiger charge is 2.27. The third kappa shape index (κ3) is 3.71. The number of carbonyl (C=O) groups excluding carboxylic acids is 2. The number of aromatic nitrogens is 3. The number of benzene rings is 1. The second kappa shape index (κ2) is 7.98. The zero-order valence-electron chi connectivity index (χ0n) is 15.2. The lowest BCUT2D eigenvalue weighted by atomic mass is 9.96. The van der Waals surface area contributed by atoms with Gasteiger partial charge < -0.3 is 10.2 Å². The van der Waals surface area contributed by atoms with E-state index < -0.39 is 0 Å². The number of pyridine rings is 1. The summed E-state index contributed by atoms with van der Waals surface area (Å²) in [4.78, 5) is 26.5. The predicted octanol–water partition coefficient (Wildman–Crippen LogP) is 2.52. The van der Waals surface area contributed by atoms with Crippen LogP contribution in [0.3, 0.4) is 0 Å². The summed E-state index contributed by atoms with van der Waals surface area (Å²) >= 11 is 6.02. The summed E-state index contributed by atoms with van der Waals surface area (Å²) in [5, 5.41) is 11.6. The van der Waals surface area contributed by atoms with Crippen molar-refractivity contribution in [3.05, 3.63) is 65.1 Å². The van der Waals surface area contributed by atoms with E-state index in [0.29, 0.717) is 23.7 Å². The highest BCUT2D eigenvalue weighted by Crippen LogP contribution is 2.27. The Morgan fingerprint density at radius 1 is 1.07 bits per heavy atom. The molecule has 1 N–H and O–H groups in total. The molecule has 1 fully saturated rings. The molecule has 1 aliphatic rings. The minimum absolute atomic E-state index is 0.0391. The van der Waals surface area contributed by atoms with Crippen LogP contribution in [0.1, 0.15) is 34.9 Å². The summed E-state index contributed by atoms with van der Waals surface area (Å²) in [6.07, 6.45) is 3.60. The van der Waals surface area contributed by atoms with Gasteiger partial charge in [-0.25, -0.2) is 0 Å². The van der Waals surface area contributed by atoms with Crippen molar-refractivity contribution in [1.29, 1.82) is 0 Å². The predicted molar refractivity (Wildman–Crippen MR) is 105 cm³/mol. The van der Waals surface area contributed by atoms with E-state index in [1.165, 1.54) is 0 Å². The van der Waals surface area contributed by atoms with Crippen molar-refractivity contribution in [3.8, 4) is 0 Å². The fourth-order valence-corrected chi connectivity index (χ4v) is 3.76. The number of piperidine rings is 1. The summed E-state index contributed by atoms with van der Waals surface area (Å²) in [5.41, 5.74) is 1.20. The molecule has 0 bridgehead atoms. The maximum atomic E-state index is 12.5. The van der Waals surface area contributed by atoms with Crippen LogP contribution in [0.2, 0.25) is 5.02 Å². The summed E-state index contributed by atoms with van der Waals surface area (Å²) in [5.74, 6) is 0.766. The average molecular weight is 398 g/mol. The fraction of sp³-hybridized carbons (Fsp3) is 0.300. The van der Waals surface area contributed by atoms with Crippen LogP contribution in [0, 0.1) is 0 Å². The summed E-state index contributed by atoms with van der Waals surface area (Å²) < 4.78 is 2.01. The van der Waals surface area contributed by atoms with Crippen molar-refractivity contribution in [2.45, 2.75) is 18.8 Å². The Labute approximate surface area is 167 Å². The molecule has 0 unspecified atom stereocenters. The largest absolute Gasteiger partial charge is 0.343 e. The SMILES string of the molecule is O=C(NCC(=O)N1CCC(c2nnc3ccccn23)CC1)c1ccccc1Cl. The molecule has 1 aromatic carbocycles. The standard InChI is InChI=1S/C20H20ClN5O2/c21-16-6-2-1-5-15(16)20(28)22-13-18(27)25-11-8-14(9-12-25)19-24-23-17-7-3-4-10-26(17)19/h1-7,10,14H,8-9,11-13H2,(H,22,28). The molecule has 0 spiro atoms. The van der Waals surface area contributed by atoms with Gasteiger partial charge in [0.1, 0.15) is 5.82 Å². The second-order valence-corrected chi connectivity index (χ2v) is 7.21. The van der Waals surface area contributed by atoms with Crippen molar-refractivity contribution in [1.82, 2.24) is 24.8 Å². The van der Waals surface area contributed by atoms with Crippen LogP contribution in [-0.2, 0) is 4.79 Å². The van der Waals surface area contributed by atoms with Crippen molar-refractivity contribution in [2.75, 3.05) is 19.6 Å². The number of fused-ring (bicyclic) bond motifs is 1. The third-order valence-electron chi connectivity index (χ3n) is 5.07. The molecule has 2 aromatic heterocycles. The molecule has 3 heterocycles. The fourth-order valence-electron chi connectivity index (χ4n) is 3.53. The van der Waals surface area contributed by atoms with E-state index in [1.807, 2.05) is 28.8 Å². The van der Waals surface area contributed by atoms with Crippen LogP contribution < -0.4 is 5.32 Å². The number of likely N-dealkylation sites (tertiary alicyclic amines) is 1. The Bertz CT molecular complexity index is 1010. The second-order valence-electron chi connectivity index (χ2n) is 6.80. The number of hydrogen-bond donors (Lipinski definition) is 1. The molecule has 144 valence electrons. The zero-order chi connectivity index (χ0) is 19.5. The van der Waals surface area contributed by atoms with Crippen molar-refractivity contribution in [2.24, 2.45) is 0 Å². The summed E-state index contributed by atoms with van der Waals surface area (Å²) in [6, 6.07) is 12.6. The van der Waals surface area contributed by atoms with Gasteiger partial charge in [0, 0.05) is 25.2 Å². The number of nitrogens with zero attached hydrogens (tertiary/aromatic N) is 4. The van der Waals surface area contributed by atoms with E-state index in [1.54, 1.807) is 29.2 Å². The van der Waals surface area contributed by atoms with Gasteiger partial charge in [-0.1, -0.05) is 29.8 Å². The molecule has 0 atom stereocenters. The van der Waals surface area contributed by atoms with E-state index >= 15 is 0 Å². The number of amides is 2. The van der Waals surface area contributed by atoms with Gasteiger partial charge in [0.2, 0.25) is 5.91 Å². The minimum atomic E-state index is -0.344. The van der Waals surface area contributed by atoms with E-state index in [2.05, 4.69) is 15.5 Å². The first kappa shape index (κ1) is 18.4. The highest BCUT2D eigenvalue weighted by molar-refractivity contribution is 6.33. The number of carbonyl (C=O) groups is 2. The van der Waals surface area contributed by atoms with Crippen LogP contribution in [0.5, 0.6) is 0 Å². The normalized spacial score (nSPS) is 15.0. The average Bonchev–Trinajstić information content (AvgIpc) is 3.16. The monoisotopic (exact) mass is 397 g/mol. The first-order valence-electron chi connectivity index (χ1n) is 9.23. The van der Waals surface area contributed by atoms with Gasteiger partial charge in [-0.15, -0.1) is 10.2 Å². The maximum Gasteiger partial charge on any atom is 0.253 e. The first-order chi connectivity index (χ1) is 13.6. The molecule has 8 heteroatoms. The van der Waals surface area contributed by atoms with Gasteiger partial charge in [0.15, 0.2) is 5.65 Å². The molecule has 7 nitrogen and oxygen atoms in total. The topological polar surface area (TPSA) is 79.6 Å². The number of halogens is 1. The van der Waals surface area contributed by atoms with Crippen molar-refractivity contribution >= 4 is 29.1 Å². The van der Waals surface area contributed by atoms with Gasteiger partial charge in [0.25, 0.3) is 5.91 Å². The summed E-state index contributed by atoms with van der Waals surface area (Å²) in [7, 11) is 0. The highest BCUT2D eigenvalue weighted by atomic mass is 35.5. The Morgan fingerprint density at radius 2 is 1.82 bits per heavy atom. The van der Waals surface area contributed by atoms with Gasteiger partial charge >= 0.3 is 0 Å². The third-order valence-corrected chi connectivity index (χ3v) is 5.40. The zero-order valence-corrected chi connectivity index (χ0v) is 16.0. The van der Waals surface area contributed by atoms with Gasteiger partial charge in [-0.3, -0.25) is 14.0 Å². The van der Waals surface area contributed by atoms with E-state index in [9.17, 15) is 9.59 Å². The van der Waals surface area contributed by atoms with Crippen molar-refractivity contribution < 1.29 is 9.59 Å². The van der Waals surface area contributed by atoms with Crippen LogP contribution in [-0.4, -0.2) is 50.9 Å². The summed E-state index contributed by atoms with van der Waals surface area (Å²) in [6.45, 7) is 1.23. The molecule has 28 heavy (non-hydrogen) atoms. The minimum Gasteiger partial charge on any atom is -0.343 e. The first-order valence-corrected chi connectivity index (χ1v) is 9.61. The Hall–Kier alpha value is -2.93. The molecular formula is C20H20ClN5O2. The van der Waals surface area contributed by atoms with Crippen LogP contribution in [0.15, 0.2) is 48.7 Å². The molecule has 1 saturated heterocycles. The Kier molecular flexibility index (Phi) is 5.25. The molecule has 2 amide bonds. The lowest BCUT2D eigenvalue weighted by Gasteiger charge is -2.31. The lowest BCUT2D eigenvalue weighted by molar-refractivity contribution is -0.131. The molecule has 1 aliphatic heterocycles. The van der Waals surface area contributed by atoms with Gasteiger partial charge in [-0.2, -0.15) is 0 Å². The van der Waals surface area contributed by atoms with E-state index in [4.69, 9.17) is 11.6 Å². The molecular weight excluding hydrogens is 378 g/mol. The molecule has 3 aromatic rings. The maximum absolute atomic E-state index is 12.5. The molecule has 0 saturated carbocycles. The van der Waals surface area contributed by atoms with Crippen molar-refractivity contribution in [3.63, 3.8) is 0 Å².